The van der Waals surface area contributed by atoms with Crippen molar-refractivity contribution in [1.29, 1.82) is 0 Å². The maximum absolute atomic E-state index is 12.4. The van der Waals surface area contributed by atoms with Gasteiger partial charge in [-0.3, -0.25) is 19.3 Å². The van der Waals surface area contributed by atoms with Crippen LogP contribution in [0.15, 0.2) is 12.1 Å². The summed E-state index contributed by atoms with van der Waals surface area (Å²) in [4.78, 5) is 40.9. The molecule has 0 aliphatic carbocycles. The van der Waals surface area contributed by atoms with Gasteiger partial charge >= 0.3 is 11.8 Å². The molecule has 8 nitrogen and oxygen atoms in total. The fourth-order valence-corrected chi connectivity index (χ4v) is 4.19. The third-order valence-corrected chi connectivity index (χ3v) is 5.70. The fourth-order valence-electron chi connectivity index (χ4n) is 4.19. The van der Waals surface area contributed by atoms with Gasteiger partial charge in [0.25, 0.3) is 0 Å². The van der Waals surface area contributed by atoms with Gasteiger partial charge in [-0.15, -0.1) is 0 Å². The van der Waals surface area contributed by atoms with Crippen LogP contribution in [0.5, 0.6) is 0 Å². The zero-order valence-corrected chi connectivity index (χ0v) is 16.1. The summed E-state index contributed by atoms with van der Waals surface area (Å²) in [7, 11) is 0. The van der Waals surface area contributed by atoms with Gasteiger partial charge < -0.3 is 20.3 Å². The lowest BCUT2D eigenvalue weighted by Gasteiger charge is -2.26. The number of morpholine rings is 1. The van der Waals surface area contributed by atoms with E-state index in [0.717, 1.165) is 49.3 Å². The summed E-state index contributed by atoms with van der Waals surface area (Å²) in [5.74, 6) is -1.43. The van der Waals surface area contributed by atoms with Gasteiger partial charge in [-0.2, -0.15) is 0 Å². The highest BCUT2D eigenvalue weighted by atomic mass is 16.5. The first-order chi connectivity index (χ1) is 13.5. The van der Waals surface area contributed by atoms with Crippen molar-refractivity contribution >= 4 is 29.1 Å². The number of nitrogens with one attached hydrogen (secondary N) is 2. The number of nitrogens with zero attached hydrogens (tertiary/aromatic N) is 2. The predicted octanol–water partition coefficient (Wildman–Crippen LogP) is 0.470. The summed E-state index contributed by atoms with van der Waals surface area (Å²) in [6, 6.07) is 3.71. The van der Waals surface area contributed by atoms with Gasteiger partial charge in [0, 0.05) is 38.4 Å². The van der Waals surface area contributed by atoms with E-state index >= 15 is 0 Å². The van der Waals surface area contributed by atoms with E-state index in [1.54, 1.807) is 0 Å². The van der Waals surface area contributed by atoms with Crippen LogP contribution in [0.4, 0.5) is 11.4 Å². The van der Waals surface area contributed by atoms with Crippen LogP contribution in [0.3, 0.4) is 0 Å². The largest absolute Gasteiger partial charge is 0.379 e. The highest BCUT2D eigenvalue weighted by Crippen LogP contribution is 2.44. The molecule has 2 N–H and O–H groups in total. The Morgan fingerprint density at radius 1 is 1.18 bits per heavy atom. The molecule has 0 unspecified atom stereocenters. The van der Waals surface area contributed by atoms with Crippen molar-refractivity contribution in [2.45, 2.75) is 25.7 Å². The van der Waals surface area contributed by atoms with Gasteiger partial charge in [0.05, 0.1) is 24.8 Å². The highest BCUT2D eigenvalue weighted by Gasteiger charge is 2.38. The summed E-state index contributed by atoms with van der Waals surface area (Å²) in [6.07, 6.45) is 1.78. The van der Waals surface area contributed by atoms with Crippen molar-refractivity contribution in [1.82, 2.24) is 10.2 Å². The van der Waals surface area contributed by atoms with Crippen molar-refractivity contribution in [3.63, 3.8) is 0 Å². The molecule has 1 aromatic carbocycles. The van der Waals surface area contributed by atoms with E-state index in [9.17, 15) is 14.4 Å². The van der Waals surface area contributed by atoms with Crippen molar-refractivity contribution < 1.29 is 19.1 Å². The number of benzene rings is 1. The first kappa shape index (κ1) is 18.9. The van der Waals surface area contributed by atoms with Crippen LogP contribution in [0.2, 0.25) is 0 Å². The third kappa shape index (κ3) is 3.62. The Balaban J connectivity index is 1.37. The van der Waals surface area contributed by atoms with E-state index in [-0.39, 0.29) is 11.8 Å². The molecule has 3 amide bonds. The molecular formula is C20H26N4O4. The quantitative estimate of drug-likeness (QED) is 0.734. The predicted molar refractivity (Wildman–Crippen MR) is 104 cm³/mol. The molecule has 28 heavy (non-hydrogen) atoms. The Morgan fingerprint density at radius 3 is 2.75 bits per heavy atom. The Kier molecular flexibility index (Phi) is 5.32. The van der Waals surface area contributed by atoms with Gasteiger partial charge in [-0.05, 0) is 43.0 Å². The molecule has 0 saturated carbocycles. The van der Waals surface area contributed by atoms with Crippen LogP contribution in [0, 0.1) is 0 Å². The van der Waals surface area contributed by atoms with Crippen LogP contribution in [-0.2, 0) is 25.5 Å². The zero-order valence-electron chi connectivity index (χ0n) is 16.1. The van der Waals surface area contributed by atoms with E-state index in [4.69, 9.17) is 4.74 Å². The lowest BCUT2D eigenvalue weighted by atomic mass is 9.96. The average molecular weight is 386 g/mol. The molecule has 8 heteroatoms. The third-order valence-electron chi connectivity index (χ3n) is 5.70. The molecule has 0 aromatic heterocycles. The van der Waals surface area contributed by atoms with E-state index in [1.807, 2.05) is 24.0 Å². The number of ether oxygens (including phenoxy) is 1. The van der Waals surface area contributed by atoms with Crippen molar-refractivity contribution in [3.05, 3.63) is 23.3 Å². The summed E-state index contributed by atoms with van der Waals surface area (Å²) in [5.41, 5.74) is 3.57. The molecule has 3 aliphatic heterocycles. The summed E-state index contributed by atoms with van der Waals surface area (Å²) in [5, 5.41) is 5.36. The molecule has 0 bridgehead atoms. The number of hydrogen-bond acceptors (Lipinski definition) is 5. The minimum atomic E-state index is -0.682. The average Bonchev–Trinajstić information content (AvgIpc) is 2.95. The molecule has 4 rings (SSSR count). The van der Waals surface area contributed by atoms with Crippen LogP contribution < -0.4 is 15.5 Å². The van der Waals surface area contributed by atoms with Crippen LogP contribution in [-0.4, -0.2) is 68.6 Å². The molecular weight excluding hydrogens is 360 g/mol. The van der Waals surface area contributed by atoms with Crippen LogP contribution in [0.1, 0.15) is 30.4 Å². The minimum absolute atomic E-state index is 0.111. The topological polar surface area (TPSA) is 91.0 Å². The number of rotatable bonds is 4. The Labute approximate surface area is 164 Å². The van der Waals surface area contributed by atoms with E-state index in [2.05, 4.69) is 15.5 Å². The van der Waals surface area contributed by atoms with Crippen molar-refractivity contribution in [3.8, 4) is 0 Å². The Morgan fingerprint density at radius 2 is 1.96 bits per heavy atom. The molecule has 1 fully saturated rings. The number of hydrogen-bond donors (Lipinski definition) is 2. The van der Waals surface area contributed by atoms with Crippen molar-refractivity contribution in [2.24, 2.45) is 0 Å². The summed E-state index contributed by atoms with van der Waals surface area (Å²) >= 11 is 0. The molecule has 0 spiro atoms. The van der Waals surface area contributed by atoms with E-state index in [1.165, 1.54) is 0 Å². The van der Waals surface area contributed by atoms with Gasteiger partial charge in [-0.1, -0.05) is 0 Å². The smallest absolute Gasteiger partial charge is 0.313 e. The number of aryl methyl sites for hydroxylation is 1. The van der Waals surface area contributed by atoms with Gasteiger partial charge in [0.1, 0.15) is 0 Å². The second kappa shape index (κ2) is 7.89. The normalized spacial score (nSPS) is 21.4. The molecule has 1 saturated heterocycles. The summed E-state index contributed by atoms with van der Waals surface area (Å²) < 4.78 is 5.29. The minimum Gasteiger partial charge on any atom is -0.379 e. The van der Waals surface area contributed by atoms with Crippen LogP contribution >= 0.6 is 0 Å². The molecule has 150 valence electrons. The van der Waals surface area contributed by atoms with Gasteiger partial charge in [0.15, 0.2) is 0 Å². The maximum Gasteiger partial charge on any atom is 0.313 e. The lowest BCUT2D eigenvalue weighted by Crippen LogP contribution is -2.43. The first-order valence-electron chi connectivity index (χ1n) is 9.92. The van der Waals surface area contributed by atoms with Crippen LogP contribution in [0.25, 0.3) is 0 Å². The van der Waals surface area contributed by atoms with Crippen molar-refractivity contribution in [2.75, 3.05) is 56.2 Å². The van der Waals surface area contributed by atoms with E-state index < -0.39 is 11.8 Å². The second-order valence-electron chi connectivity index (χ2n) is 7.55. The van der Waals surface area contributed by atoms with Gasteiger partial charge in [0.2, 0.25) is 5.91 Å². The summed E-state index contributed by atoms with van der Waals surface area (Å²) in [6.45, 7) is 6.84. The first-order valence-corrected chi connectivity index (χ1v) is 9.92. The fraction of sp³-hybridized carbons (Fsp3) is 0.550. The number of anilines is 2. The monoisotopic (exact) mass is 386 g/mol. The molecule has 1 atom stereocenters. The SMILES string of the molecule is C[C@H]1C(=O)N2CCCc3cc(NC(=O)C(=O)NCCN4CCOCC4)cc1c32. The van der Waals surface area contributed by atoms with E-state index in [0.29, 0.717) is 32.0 Å². The molecule has 3 heterocycles. The maximum atomic E-state index is 12.4. The number of amides is 3. The molecule has 1 aromatic rings. The zero-order chi connectivity index (χ0) is 19.7. The highest BCUT2D eigenvalue weighted by molar-refractivity contribution is 6.39. The lowest BCUT2D eigenvalue weighted by molar-refractivity contribution is -0.136. The Bertz CT molecular complexity index is 804. The standard InChI is InChI=1S/C20H26N4O4/c1-13-16-12-15(11-14-3-2-5-24(17(14)16)20(13)27)22-19(26)18(25)21-4-6-23-7-9-28-10-8-23/h11-13H,2-10H2,1H3,(H,21,25)(H,22,26)/t13-/m1/s1. The second-order valence-corrected chi connectivity index (χ2v) is 7.55. The number of carbonyl (C=O) groups excluding carboxylic acids is 3. The van der Waals surface area contributed by atoms with Gasteiger partial charge in [-0.25, -0.2) is 0 Å². The Hall–Kier alpha value is -2.45. The molecule has 0 radical (unpaired) electrons. The number of carbonyl (C=O) groups is 3. The molecule has 3 aliphatic rings.